The monoisotopic (exact) mass is 276 g/mol. The molecule has 0 aromatic rings. The molecule has 0 heterocycles. The summed E-state index contributed by atoms with van der Waals surface area (Å²) in [4.78, 5) is 11.8. The van der Waals surface area contributed by atoms with E-state index in [1.165, 1.54) is 32.1 Å². The van der Waals surface area contributed by atoms with Crippen LogP contribution in [0.15, 0.2) is 0 Å². The largest absolute Gasteiger partial charge is 0.390 e. The molecule has 20 heavy (non-hydrogen) atoms. The SMILES string of the molecule is C[C@]12CCC(=O)CC1CC[C@H]1[C@@H]3CCC[C@@]3(O)CC[C@@H]12. The minimum atomic E-state index is -0.325. The predicted molar refractivity (Wildman–Crippen MR) is 78.2 cm³/mol. The van der Waals surface area contributed by atoms with Crippen molar-refractivity contribution >= 4 is 5.78 Å². The molecule has 0 bridgehead atoms. The van der Waals surface area contributed by atoms with E-state index in [1.54, 1.807) is 0 Å². The van der Waals surface area contributed by atoms with Crippen molar-refractivity contribution < 1.29 is 9.90 Å². The van der Waals surface area contributed by atoms with Crippen molar-refractivity contribution in [3.05, 3.63) is 0 Å². The van der Waals surface area contributed by atoms with Crippen LogP contribution in [0.4, 0.5) is 0 Å². The fourth-order valence-electron chi connectivity index (χ4n) is 6.66. The van der Waals surface area contributed by atoms with Gasteiger partial charge in [0.05, 0.1) is 5.60 Å². The molecule has 4 rings (SSSR count). The van der Waals surface area contributed by atoms with Gasteiger partial charge >= 0.3 is 0 Å². The third kappa shape index (κ3) is 1.70. The Morgan fingerprint density at radius 2 is 1.90 bits per heavy atom. The van der Waals surface area contributed by atoms with Gasteiger partial charge < -0.3 is 5.11 Å². The summed E-state index contributed by atoms with van der Waals surface area (Å²) < 4.78 is 0. The van der Waals surface area contributed by atoms with Crippen LogP contribution in [0, 0.1) is 29.1 Å². The van der Waals surface area contributed by atoms with E-state index < -0.39 is 0 Å². The molecule has 1 unspecified atom stereocenters. The summed E-state index contributed by atoms with van der Waals surface area (Å²) in [6.07, 6.45) is 11.0. The number of ketones is 1. The molecular weight excluding hydrogens is 248 g/mol. The number of rotatable bonds is 0. The quantitative estimate of drug-likeness (QED) is 0.732. The third-order valence-electron chi connectivity index (χ3n) is 7.78. The van der Waals surface area contributed by atoms with Crippen molar-refractivity contribution in [1.29, 1.82) is 0 Å². The number of fused-ring (bicyclic) bond motifs is 5. The number of aliphatic hydroxyl groups is 1. The lowest BCUT2D eigenvalue weighted by atomic mass is 9.46. The molecule has 0 aromatic carbocycles. The molecule has 0 amide bonds. The van der Waals surface area contributed by atoms with E-state index in [0.29, 0.717) is 23.0 Å². The maximum atomic E-state index is 11.8. The normalized spacial score (nSPS) is 55.0. The van der Waals surface area contributed by atoms with Gasteiger partial charge in [0.25, 0.3) is 0 Å². The molecule has 4 aliphatic rings. The topological polar surface area (TPSA) is 37.3 Å². The molecular formula is C18H28O2. The highest BCUT2D eigenvalue weighted by Crippen LogP contribution is 2.63. The Hall–Kier alpha value is -0.370. The van der Waals surface area contributed by atoms with E-state index >= 15 is 0 Å². The van der Waals surface area contributed by atoms with Crippen molar-refractivity contribution in [2.45, 2.75) is 76.7 Å². The van der Waals surface area contributed by atoms with Crippen LogP contribution in [-0.4, -0.2) is 16.5 Å². The minimum Gasteiger partial charge on any atom is -0.390 e. The van der Waals surface area contributed by atoms with E-state index in [9.17, 15) is 9.90 Å². The van der Waals surface area contributed by atoms with Crippen molar-refractivity contribution in [2.24, 2.45) is 29.1 Å². The third-order valence-corrected chi connectivity index (χ3v) is 7.78. The van der Waals surface area contributed by atoms with Gasteiger partial charge in [0.1, 0.15) is 5.78 Å². The number of carbonyl (C=O) groups excluding carboxylic acids is 1. The number of carbonyl (C=O) groups is 1. The van der Waals surface area contributed by atoms with Crippen LogP contribution >= 0.6 is 0 Å². The number of Topliss-reactive ketones (excluding diaryl/α,β-unsaturated/α-hetero) is 1. The van der Waals surface area contributed by atoms with Crippen LogP contribution in [0.5, 0.6) is 0 Å². The van der Waals surface area contributed by atoms with Crippen LogP contribution in [-0.2, 0) is 4.79 Å². The summed E-state index contributed by atoms with van der Waals surface area (Å²) in [6.45, 7) is 2.47. The van der Waals surface area contributed by atoms with Gasteiger partial charge in [0.15, 0.2) is 0 Å². The summed E-state index contributed by atoms with van der Waals surface area (Å²) in [5, 5.41) is 10.9. The second-order valence-electron chi connectivity index (χ2n) is 8.43. The highest BCUT2D eigenvalue weighted by Gasteiger charge is 2.58. The van der Waals surface area contributed by atoms with E-state index in [2.05, 4.69) is 6.92 Å². The van der Waals surface area contributed by atoms with Crippen LogP contribution < -0.4 is 0 Å². The van der Waals surface area contributed by atoms with E-state index in [1.807, 2.05) is 0 Å². The van der Waals surface area contributed by atoms with E-state index in [0.717, 1.165) is 43.9 Å². The molecule has 0 saturated heterocycles. The van der Waals surface area contributed by atoms with E-state index in [4.69, 9.17) is 0 Å². The minimum absolute atomic E-state index is 0.325. The van der Waals surface area contributed by atoms with Crippen LogP contribution in [0.1, 0.15) is 71.1 Å². The molecule has 4 fully saturated rings. The second-order valence-corrected chi connectivity index (χ2v) is 8.43. The van der Waals surface area contributed by atoms with Crippen LogP contribution in [0.25, 0.3) is 0 Å². The highest BCUT2D eigenvalue weighted by atomic mass is 16.3. The first-order valence-electron chi connectivity index (χ1n) is 8.77. The molecule has 0 aliphatic heterocycles. The van der Waals surface area contributed by atoms with Gasteiger partial charge in [-0.15, -0.1) is 0 Å². The lowest BCUT2D eigenvalue weighted by Crippen LogP contribution is -2.55. The summed E-state index contributed by atoms with van der Waals surface area (Å²) >= 11 is 0. The molecule has 2 nitrogen and oxygen atoms in total. The van der Waals surface area contributed by atoms with Crippen molar-refractivity contribution in [1.82, 2.24) is 0 Å². The van der Waals surface area contributed by atoms with Gasteiger partial charge in [0, 0.05) is 12.8 Å². The molecule has 0 aromatic heterocycles. The molecule has 4 aliphatic carbocycles. The summed E-state index contributed by atoms with van der Waals surface area (Å²) in [6, 6.07) is 0. The summed E-state index contributed by atoms with van der Waals surface area (Å²) in [5.41, 5.74) is 0.0651. The Kier molecular flexibility index (Phi) is 2.87. The Bertz CT molecular complexity index is 431. The molecule has 0 spiro atoms. The Morgan fingerprint density at radius 1 is 1.05 bits per heavy atom. The zero-order chi connectivity index (χ0) is 14.0. The van der Waals surface area contributed by atoms with Crippen LogP contribution in [0.3, 0.4) is 0 Å². The maximum Gasteiger partial charge on any atom is 0.133 e. The number of hydrogen-bond donors (Lipinski definition) is 1. The number of hydrogen-bond acceptors (Lipinski definition) is 2. The zero-order valence-electron chi connectivity index (χ0n) is 12.7. The van der Waals surface area contributed by atoms with Crippen LogP contribution in [0.2, 0.25) is 0 Å². The fourth-order valence-corrected chi connectivity index (χ4v) is 6.66. The standard InChI is InChI=1S/C18H28O2/c1-17-9-6-13(19)11-12(17)4-5-14-15(17)7-10-18(20)8-2-3-16(14)18/h12,14-16,20H,2-11H2,1H3/t12?,14-,15+,16+,17+,18-/m1/s1. The van der Waals surface area contributed by atoms with Gasteiger partial charge in [-0.05, 0) is 74.0 Å². The lowest BCUT2D eigenvalue weighted by Gasteiger charge is -2.59. The van der Waals surface area contributed by atoms with Crippen molar-refractivity contribution in [3.63, 3.8) is 0 Å². The molecule has 0 radical (unpaired) electrons. The first-order valence-corrected chi connectivity index (χ1v) is 8.77. The van der Waals surface area contributed by atoms with Crippen molar-refractivity contribution in [2.75, 3.05) is 0 Å². The van der Waals surface area contributed by atoms with Gasteiger partial charge in [0.2, 0.25) is 0 Å². The van der Waals surface area contributed by atoms with E-state index in [-0.39, 0.29) is 5.60 Å². The van der Waals surface area contributed by atoms with Gasteiger partial charge in [-0.1, -0.05) is 13.3 Å². The second kappa shape index (κ2) is 4.32. The summed E-state index contributed by atoms with van der Waals surface area (Å²) in [5.74, 6) is 3.22. The fraction of sp³-hybridized carbons (Fsp3) is 0.944. The van der Waals surface area contributed by atoms with Gasteiger partial charge in [-0.2, -0.15) is 0 Å². The smallest absolute Gasteiger partial charge is 0.133 e. The molecule has 2 heteroatoms. The Balaban J connectivity index is 1.64. The predicted octanol–water partition coefficient (Wildman–Crippen LogP) is 3.71. The molecule has 1 N–H and O–H groups in total. The summed E-state index contributed by atoms with van der Waals surface area (Å²) in [7, 11) is 0. The average molecular weight is 276 g/mol. The lowest BCUT2D eigenvalue weighted by molar-refractivity contribution is -0.151. The Labute approximate surface area is 122 Å². The first-order chi connectivity index (χ1) is 9.53. The van der Waals surface area contributed by atoms with Gasteiger partial charge in [-0.25, -0.2) is 0 Å². The molecule has 112 valence electrons. The van der Waals surface area contributed by atoms with Crippen molar-refractivity contribution in [3.8, 4) is 0 Å². The average Bonchev–Trinajstić information content (AvgIpc) is 2.81. The zero-order valence-corrected chi connectivity index (χ0v) is 12.7. The highest BCUT2D eigenvalue weighted by molar-refractivity contribution is 5.79. The molecule has 6 atom stereocenters. The maximum absolute atomic E-state index is 11.8. The molecule has 4 saturated carbocycles. The first kappa shape index (κ1) is 13.3. The van der Waals surface area contributed by atoms with Gasteiger partial charge in [-0.3, -0.25) is 4.79 Å². The Morgan fingerprint density at radius 3 is 2.75 bits per heavy atom.